The summed E-state index contributed by atoms with van der Waals surface area (Å²) in [6, 6.07) is 14.7. The van der Waals surface area contributed by atoms with Crippen molar-refractivity contribution >= 4 is 16.6 Å². The fourth-order valence-corrected chi connectivity index (χ4v) is 5.87. The van der Waals surface area contributed by atoms with Gasteiger partial charge in [-0.3, -0.25) is 4.57 Å². The highest BCUT2D eigenvalue weighted by atomic mass is 16.5. The summed E-state index contributed by atoms with van der Waals surface area (Å²) >= 11 is 0. The standard InChI is InChI=1S/C27H25N5O4/c1-15-30-20(29)13-21(31-15)35-12-11-27-10-9-26(2,36-27)22-23(27)25(34)32(24(22)33)19-8-7-16(14-28)17-5-3-4-6-18(17)19/h3-8,13,33-34H,9-12H2,1-2H3,(H2,29,30,31)/t26-,27-/m0/s1. The number of fused-ring (bicyclic) bond motifs is 6. The van der Waals surface area contributed by atoms with E-state index < -0.39 is 11.2 Å². The van der Waals surface area contributed by atoms with E-state index in [0.29, 0.717) is 59.2 Å². The molecule has 4 aromatic rings. The monoisotopic (exact) mass is 483 g/mol. The number of rotatable bonds is 5. The fourth-order valence-electron chi connectivity index (χ4n) is 5.87. The number of nitriles is 1. The molecule has 0 radical (unpaired) electrons. The minimum Gasteiger partial charge on any atom is -0.494 e. The first kappa shape index (κ1) is 22.2. The molecule has 2 aromatic heterocycles. The van der Waals surface area contributed by atoms with Crippen LogP contribution in [0.25, 0.3) is 16.5 Å². The largest absolute Gasteiger partial charge is 0.494 e. The second-order valence-corrected chi connectivity index (χ2v) is 9.63. The average Bonchev–Trinajstić information content (AvgIpc) is 3.42. The topological polar surface area (TPSA) is 139 Å². The summed E-state index contributed by atoms with van der Waals surface area (Å²) in [5.74, 6) is 1.11. The van der Waals surface area contributed by atoms with Crippen LogP contribution in [-0.4, -0.2) is 31.4 Å². The number of hydrogen-bond donors (Lipinski definition) is 3. The molecule has 2 bridgehead atoms. The van der Waals surface area contributed by atoms with Gasteiger partial charge in [0.25, 0.3) is 0 Å². The molecule has 0 spiro atoms. The van der Waals surface area contributed by atoms with Crippen LogP contribution in [0.15, 0.2) is 42.5 Å². The molecule has 1 fully saturated rings. The summed E-state index contributed by atoms with van der Waals surface area (Å²) in [5.41, 5.74) is 6.56. The Morgan fingerprint density at radius 1 is 1.11 bits per heavy atom. The molecule has 2 aliphatic rings. The Morgan fingerprint density at radius 2 is 1.86 bits per heavy atom. The van der Waals surface area contributed by atoms with Crippen LogP contribution in [0.2, 0.25) is 0 Å². The number of nitrogens with two attached hydrogens (primary N) is 1. The van der Waals surface area contributed by atoms with E-state index in [-0.39, 0.29) is 18.4 Å². The predicted octanol–water partition coefficient (Wildman–Crippen LogP) is 4.30. The van der Waals surface area contributed by atoms with Gasteiger partial charge in [-0.25, -0.2) is 4.98 Å². The van der Waals surface area contributed by atoms with Gasteiger partial charge < -0.3 is 25.4 Å². The first-order chi connectivity index (χ1) is 17.3. The van der Waals surface area contributed by atoms with E-state index in [4.69, 9.17) is 15.2 Å². The number of aryl methyl sites for hydroxylation is 1. The van der Waals surface area contributed by atoms with Gasteiger partial charge in [-0.05, 0) is 38.8 Å². The molecule has 6 rings (SSSR count). The third-order valence-electron chi connectivity index (χ3n) is 7.38. The highest BCUT2D eigenvalue weighted by Gasteiger charge is 2.61. The fraction of sp³-hybridized carbons (Fsp3) is 0.296. The molecule has 2 atom stereocenters. The summed E-state index contributed by atoms with van der Waals surface area (Å²) in [5, 5.41) is 34.0. The van der Waals surface area contributed by atoms with E-state index in [9.17, 15) is 15.5 Å². The first-order valence-corrected chi connectivity index (χ1v) is 11.8. The van der Waals surface area contributed by atoms with Crippen molar-refractivity contribution in [3.05, 3.63) is 65.0 Å². The van der Waals surface area contributed by atoms with E-state index in [2.05, 4.69) is 16.0 Å². The van der Waals surface area contributed by atoms with Gasteiger partial charge in [0.15, 0.2) is 0 Å². The molecule has 2 aromatic carbocycles. The highest BCUT2D eigenvalue weighted by molar-refractivity contribution is 5.95. The Balaban J connectivity index is 1.42. The van der Waals surface area contributed by atoms with Crippen molar-refractivity contribution in [2.45, 2.75) is 44.3 Å². The quantitative estimate of drug-likeness (QED) is 0.382. The number of nitrogens with zero attached hydrogens (tertiary/aromatic N) is 4. The second kappa shape index (κ2) is 7.60. The molecule has 9 heteroatoms. The van der Waals surface area contributed by atoms with Crippen LogP contribution in [0.3, 0.4) is 0 Å². The number of ether oxygens (including phenoxy) is 2. The zero-order valence-electron chi connectivity index (χ0n) is 19.9. The maximum atomic E-state index is 11.5. The van der Waals surface area contributed by atoms with Crippen molar-refractivity contribution < 1.29 is 19.7 Å². The Hall–Kier alpha value is -4.29. The number of nitrogen functional groups attached to an aromatic ring is 1. The molecule has 0 saturated carbocycles. The Kier molecular flexibility index (Phi) is 4.69. The minimum atomic E-state index is -0.813. The number of anilines is 1. The van der Waals surface area contributed by atoms with E-state index in [0.717, 1.165) is 10.8 Å². The lowest BCUT2D eigenvalue weighted by molar-refractivity contribution is -0.0877. The van der Waals surface area contributed by atoms with E-state index in [1.54, 1.807) is 25.1 Å². The van der Waals surface area contributed by atoms with Gasteiger partial charge in [0.1, 0.15) is 17.2 Å². The number of hydrogen-bond acceptors (Lipinski definition) is 8. The number of aromatic hydroxyl groups is 2. The summed E-state index contributed by atoms with van der Waals surface area (Å²) in [7, 11) is 0. The number of benzene rings is 2. The zero-order chi connectivity index (χ0) is 25.2. The lowest BCUT2D eigenvalue weighted by Gasteiger charge is -2.26. The molecule has 4 N–H and O–H groups in total. The molecular formula is C27H25N5O4. The highest BCUT2D eigenvalue weighted by Crippen LogP contribution is 2.65. The molecule has 182 valence electrons. The minimum absolute atomic E-state index is 0.0541. The van der Waals surface area contributed by atoms with Gasteiger partial charge in [0.2, 0.25) is 17.6 Å². The van der Waals surface area contributed by atoms with E-state index >= 15 is 0 Å². The van der Waals surface area contributed by atoms with Crippen LogP contribution in [0.1, 0.15) is 48.7 Å². The maximum Gasteiger partial charge on any atom is 0.218 e. The van der Waals surface area contributed by atoms with Gasteiger partial charge in [-0.2, -0.15) is 10.2 Å². The Bertz CT molecular complexity index is 1570. The summed E-state index contributed by atoms with van der Waals surface area (Å²) < 4.78 is 13.8. The van der Waals surface area contributed by atoms with Crippen molar-refractivity contribution in [1.29, 1.82) is 5.26 Å². The lowest BCUT2D eigenvalue weighted by Crippen LogP contribution is -2.25. The van der Waals surface area contributed by atoms with Crippen LogP contribution in [0, 0.1) is 18.3 Å². The second-order valence-electron chi connectivity index (χ2n) is 9.63. The van der Waals surface area contributed by atoms with Gasteiger partial charge in [-0.1, -0.05) is 24.3 Å². The summed E-state index contributed by atoms with van der Waals surface area (Å²) in [6.45, 7) is 3.96. The smallest absolute Gasteiger partial charge is 0.218 e. The van der Waals surface area contributed by atoms with Crippen molar-refractivity contribution in [3.63, 3.8) is 0 Å². The molecule has 0 unspecified atom stereocenters. The van der Waals surface area contributed by atoms with Crippen LogP contribution in [-0.2, 0) is 15.9 Å². The van der Waals surface area contributed by atoms with Crippen molar-refractivity contribution in [1.82, 2.24) is 14.5 Å². The van der Waals surface area contributed by atoms with Crippen molar-refractivity contribution in [3.8, 4) is 29.4 Å². The van der Waals surface area contributed by atoms with Crippen LogP contribution >= 0.6 is 0 Å². The van der Waals surface area contributed by atoms with Gasteiger partial charge in [-0.15, -0.1) is 0 Å². The molecule has 0 aliphatic carbocycles. The molecular weight excluding hydrogens is 458 g/mol. The van der Waals surface area contributed by atoms with Gasteiger partial charge in [0.05, 0.1) is 40.7 Å². The molecule has 2 aliphatic heterocycles. The summed E-state index contributed by atoms with van der Waals surface area (Å²) in [6.07, 6.45) is 1.82. The molecule has 4 heterocycles. The third-order valence-corrected chi connectivity index (χ3v) is 7.38. The van der Waals surface area contributed by atoms with E-state index in [1.807, 2.05) is 31.2 Å². The molecule has 36 heavy (non-hydrogen) atoms. The SMILES string of the molecule is Cc1nc(N)cc(OCC[C@]23CC[C@](C)(O2)c2c3c(O)n(-c3ccc(C#N)c4ccccc34)c2O)n1. The van der Waals surface area contributed by atoms with Crippen molar-refractivity contribution in [2.75, 3.05) is 12.3 Å². The van der Waals surface area contributed by atoms with E-state index in [1.165, 1.54) is 4.57 Å². The van der Waals surface area contributed by atoms with Crippen LogP contribution in [0.5, 0.6) is 17.6 Å². The summed E-state index contributed by atoms with van der Waals surface area (Å²) in [4.78, 5) is 8.32. The molecule has 0 amide bonds. The Morgan fingerprint density at radius 3 is 2.61 bits per heavy atom. The predicted molar refractivity (Wildman–Crippen MR) is 132 cm³/mol. The first-order valence-electron chi connectivity index (χ1n) is 11.8. The van der Waals surface area contributed by atoms with Crippen molar-refractivity contribution in [2.24, 2.45) is 0 Å². The third kappa shape index (κ3) is 3.04. The Labute approximate surface area is 207 Å². The normalized spacial score (nSPS) is 22.0. The van der Waals surface area contributed by atoms with Crippen LogP contribution < -0.4 is 10.5 Å². The number of aromatic nitrogens is 3. The molecule has 9 nitrogen and oxygen atoms in total. The lowest BCUT2D eigenvalue weighted by atomic mass is 9.78. The average molecular weight is 484 g/mol. The van der Waals surface area contributed by atoms with Gasteiger partial charge >= 0.3 is 0 Å². The van der Waals surface area contributed by atoms with Gasteiger partial charge in [0, 0.05) is 23.3 Å². The maximum absolute atomic E-state index is 11.5. The molecule has 1 saturated heterocycles. The van der Waals surface area contributed by atoms with Crippen LogP contribution in [0.4, 0.5) is 5.82 Å². The zero-order valence-corrected chi connectivity index (χ0v) is 19.9.